The molecule has 1 saturated carbocycles. The van der Waals surface area contributed by atoms with E-state index in [0.717, 1.165) is 29.2 Å². The fraction of sp³-hybridized carbons (Fsp3) is 0.448. The van der Waals surface area contributed by atoms with E-state index in [2.05, 4.69) is 41.2 Å². The molecule has 0 saturated heterocycles. The van der Waals surface area contributed by atoms with Gasteiger partial charge >= 0.3 is 0 Å². The molecule has 2 nitrogen and oxygen atoms in total. The minimum absolute atomic E-state index is 0.386. The predicted octanol–water partition coefficient (Wildman–Crippen LogP) is 8.72. The standard InChI is InChI=1S/C29H34F2N2/c1-2-3-4-5-6-7-21-8-10-22(11-9-21)23-12-14-24(15-13-23)26-19-32-29(33-20-26)25-16-17-27(30)28(31)18-25/h12-22H,2-11H2,1H3. The van der Waals surface area contributed by atoms with Gasteiger partial charge in [-0.2, -0.15) is 0 Å². The molecule has 0 atom stereocenters. The highest BCUT2D eigenvalue weighted by molar-refractivity contribution is 5.64. The van der Waals surface area contributed by atoms with Gasteiger partial charge in [-0.25, -0.2) is 18.7 Å². The van der Waals surface area contributed by atoms with E-state index < -0.39 is 11.6 Å². The molecule has 0 N–H and O–H groups in total. The number of benzene rings is 2. The molecule has 2 aromatic carbocycles. The Labute approximate surface area is 196 Å². The summed E-state index contributed by atoms with van der Waals surface area (Å²) in [7, 11) is 0. The largest absolute Gasteiger partial charge is 0.236 e. The van der Waals surface area contributed by atoms with E-state index >= 15 is 0 Å². The third kappa shape index (κ3) is 6.25. The van der Waals surface area contributed by atoms with Gasteiger partial charge in [0.05, 0.1) is 0 Å². The highest BCUT2D eigenvalue weighted by atomic mass is 19.2. The Balaban J connectivity index is 1.31. The fourth-order valence-electron chi connectivity index (χ4n) is 5.03. The summed E-state index contributed by atoms with van der Waals surface area (Å²) in [6.45, 7) is 2.27. The average Bonchev–Trinajstić information content (AvgIpc) is 2.86. The Hall–Kier alpha value is -2.62. The van der Waals surface area contributed by atoms with Crippen molar-refractivity contribution in [2.24, 2.45) is 5.92 Å². The smallest absolute Gasteiger partial charge is 0.159 e. The zero-order chi connectivity index (χ0) is 23.0. The Morgan fingerprint density at radius 1 is 0.727 bits per heavy atom. The minimum Gasteiger partial charge on any atom is -0.236 e. The van der Waals surface area contributed by atoms with Crippen molar-refractivity contribution < 1.29 is 8.78 Å². The fourth-order valence-corrected chi connectivity index (χ4v) is 5.03. The quantitative estimate of drug-likeness (QED) is 0.306. The summed E-state index contributed by atoms with van der Waals surface area (Å²) in [6.07, 6.45) is 17.1. The third-order valence-electron chi connectivity index (χ3n) is 7.11. The molecule has 1 heterocycles. The van der Waals surface area contributed by atoms with Crippen molar-refractivity contribution in [2.75, 3.05) is 0 Å². The zero-order valence-corrected chi connectivity index (χ0v) is 19.6. The Morgan fingerprint density at radius 2 is 1.39 bits per heavy atom. The van der Waals surface area contributed by atoms with E-state index in [0.29, 0.717) is 17.3 Å². The average molecular weight is 449 g/mol. The van der Waals surface area contributed by atoms with Gasteiger partial charge in [0, 0.05) is 23.5 Å². The summed E-state index contributed by atoms with van der Waals surface area (Å²) in [6, 6.07) is 12.5. The molecule has 1 aromatic heterocycles. The first-order valence-corrected chi connectivity index (χ1v) is 12.5. The van der Waals surface area contributed by atoms with Crippen LogP contribution in [0.2, 0.25) is 0 Å². The second-order valence-corrected chi connectivity index (χ2v) is 9.47. The van der Waals surface area contributed by atoms with Crippen molar-refractivity contribution in [1.29, 1.82) is 0 Å². The van der Waals surface area contributed by atoms with Crippen LogP contribution in [0.25, 0.3) is 22.5 Å². The van der Waals surface area contributed by atoms with Gasteiger partial charge in [-0.1, -0.05) is 69.7 Å². The monoisotopic (exact) mass is 448 g/mol. The number of nitrogens with zero attached hydrogens (tertiary/aromatic N) is 2. The van der Waals surface area contributed by atoms with E-state index in [9.17, 15) is 8.78 Å². The van der Waals surface area contributed by atoms with Crippen molar-refractivity contribution >= 4 is 0 Å². The summed E-state index contributed by atoms with van der Waals surface area (Å²) < 4.78 is 26.6. The molecule has 1 aliphatic rings. The molecule has 4 rings (SSSR count). The van der Waals surface area contributed by atoms with Crippen LogP contribution in [0.4, 0.5) is 8.78 Å². The third-order valence-corrected chi connectivity index (χ3v) is 7.11. The Bertz CT molecular complexity index is 1010. The van der Waals surface area contributed by atoms with Crippen LogP contribution in [0.1, 0.15) is 82.6 Å². The summed E-state index contributed by atoms with van der Waals surface area (Å²) in [5, 5.41) is 0. The molecule has 0 bridgehead atoms. The van der Waals surface area contributed by atoms with Crippen LogP contribution in [0.5, 0.6) is 0 Å². The van der Waals surface area contributed by atoms with Crippen LogP contribution >= 0.6 is 0 Å². The lowest BCUT2D eigenvalue weighted by molar-refractivity contribution is 0.302. The van der Waals surface area contributed by atoms with Crippen LogP contribution in [0.15, 0.2) is 54.9 Å². The molecule has 33 heavy (non-hydrogen) atoms. The molecule has 0 spiro atoms. The van der Waals surface area contributed by atoms with Crippen LogP contribution < -0.4 is 0 Å². The van der Waals surface area contributed by atoms with Crippen molar-refractivity contribution in [2.45, 2.75) is 77.0 Å². The highest BCUT2D eigenvalue weighted by Crippen LogP contribution is 2.38. The van der Waals surface area contributed by atoms with Gasteiger partial charge in [-0.15, -0.1) is 0 Å². The molecule has 174 valence electrons. The summed E-state index contributed by atoms with van der Waals surface area (Å²) in [4.78, 5) is 8.71. The molecule has 4 heteroatoms. The molecular weight excluding hydrogens is 414 g/mol. The van der Waals surface area contributed by atoms with Gasteiger partial charge in [-0.3, -0.25) is 0 Å². The number of halogens is 2. The highest BCUT2D eigenvalue weighted by Gasteiger charge is 2.22. The number of aromatic nitrogens is 2. The molecule has 1 aliphatic carbocycles. The minimum atomic E-state index is -0.892. The normalized spacial score (nSPS) is 18.4. The van der Waals surface area contributed by atoms with Crippen LogP contribution in [0, 0.1) is 17.6 Å². The number of rotatable bonds is 9. The van der Waals surface area contributed by atoms with E-state index in [1.54, 1.807) is 12.4 Å². The number of hydrogen-bond donors (Lipinski definition) is 0. The first kappa shape index (κ1) is 23.5. The molecule has 0 amide bonds. The van der Waals surface area contributed by atoms with E-state index in [1.165, 1.54) is 75.8 Å². The summed E-state index contributed by atoms with van der Waals surface area (Å²) in [5.41, 5.74) is 3.88. The van der Waals surface area contributed by atoms with Gasteiger partial charge in [0.25, 0.3) is 0 Å². The topological polar surface area (TPSA) is 25.8 Å². The molecule has 0 radical (unpaired) electrons. The second kappa shape index (κ2) is 11.5. The van der Waals surface area contributed by atoms with Gasteiger partial charge in [0.2, 0.25) is 0 Å². The maximum absolute atomic E-state index is 13.5. The first-order chi connectivity index (χ1) is 16.1. The second-order valence-electron chi connectivity index (χ2n) is 9.47. The zero-order valence-electron chi connectivity index (χ0n) is 19.6. The predicted molar refractivity (Wildman–Crippen MR) is 131 cm³/mol. The van der Waals surface area contributed by atoms with Gasteiger partial charge in [-0.05, 0) is 66.8 Å². The lowest BCUT2D eigenvalue weighted by Crippen LogP contribution is -2.13. The van der Waals surface area contributed by atoms with Gasteiger partial charge < -0.3 is 0 Å². The maximum atomic E-state index is 13.5. The van der Waals surface area contributed by atoms with Gasteiger partial charge in [0.15, 0.2) is 17.5 Å². The lowest BCUT2D eigenvalue weighted by atomic mass is 9.77. The van der Waals surface area contributed by atoms with Crippen LogP contribution in [0.3, 0.4) is 0 Å². The van der Waals surface area contributed by atoms with Crippen molar-refractivity contribution in [3.63, 3.8) is 0 Å². The van der Waals surface area contributed by atoms with E-state index in [4.69, 9.17) is 0 Å². The SMILES string of the molecule is CCCCCCCC1CCC(c2ccc(-c3cnc(-c4ccc(F)c(F)c4)nc3)cc2)CC1. The molecule has 0 aliphatic heterocycles. The molecule has 3 aromatic rings. The Kier molecular flexibility index (Phi) is 8.20. The number of unbranched alkanes of at least 4 members (excludes halogenated alkanes) is 4. The Morgan fingerprint density at radius 3 is 2.06 bits per heavy atom. The van der Waals surface area contributed by atoms with E-state index in [1.807, 2.05) is 0 Å². The summed E-state index contributed by atoms with van der Waals surface area (Å²) in [5.74, 6) is 0.217. The van der Waals surface area contributed by atoms with Gasteiger partial charge in [0.1, 0.15) is 0 Å². The molecular formula is C29H34F2N2. The van der Waals surface area contributed by atoms with Crippen LogP contribution in [-0.2, 0) is 0 Å². The van der Waals surface area contributed by atoms with E-state index in [-0.39, 0.29) is 0 Å². The van der Waals surface area contributed by atoms with Crippen molar-refractivity contribution in [1.82, 2.24) is 9.97 Å². The van der Waals surface area contributed by atoms with Crippen LogP contribution in [-0.4, -0.2) is 9.97 Å². The maximum Gasteiger partial charge on any atom is 0.159 e. The molecule has 0 unspecified atom stereocenters. The van der Waals surface area contributed by atoms with Crippen molar-refractivity contribution in [3.05, 3.63) is 72.1 Å². The lowest BCUT2D eigenvalue weighted by Gasteiger charge is -2.29. The summed E-state index contributed by atoms with van der Waals surface area (Å²) >= 11 is 0. The molecule has 1 fully saturated rings. The number of hydrogen-bond acceptors (Lipinski definition) is 2. The van der Waals surface area contributed by atoms with Crippen molar-refractivity contribution in [3.8, 4) is 22.5 Å². The first-order valence-electron chi connectivity index (χ1n) is 12.5.